The molecule has 1 aromatic heterocycles. The van der Waals surface area contributed by atoms with Crippen LogP contribution in [0.15, 0.2) is 23.6 Å². The van der Waals surface area contributed by atoms with Crippen LogP contribution in [0.3, 0.4) is 0 Å². The number of unbranched alkanes of at least 4 members (excludes halogenated alkanes) is 1. The molecule has 1 aromatic rings. The topological polar surface area (TPSA) is 127 Å². The average Bonchev–Trinajstić information content (AvgIpc) is 3.40. The van der Waals surface area contributed by atoms with Crippen LogP contribution in [0.1, 0.15) is 44.6 Å². The van der Waals surface area contributed by atoms with E-state index in [4.69, 9.17) is 13.6 Å². The molecule has 0 radical (unpaired) electrons. The number of hydrogen-bond acceptors (Lipinski definition) is 10. The van der Waals surface area contributed by atoms with Crippen molar-refractivity contribution < 1.29 is 32.5 Å². The van der Waals surface area contributed by atoms with Gasteiger partial charge in [0.05, 0.1) is 16.3 Å². The quantitative estimate of drug-likeness (QED) is 0.394. The van der Waals surface area contributed by atoms with Gasteiger partial charge < -0.3 is 18.7 Å². The molecule has 1 N–H and O–H groups in total. The highest BCUT2D eigenvalue weighted by Gasteiger charge is 2.58. The number of ether oxygens (including phenoxy) is 1. The molecule has 0 bridgehead atoms. The number of nitrogens with zero attached hydrogens (tertiary/aromatic N) is 1. The van der Waals surface area contributed by atoms with E-state index >= 15 is 0 Å². The van der Waals surface area contributed by atoms with Crippen molar-refractivity contribution in [2.75, 3.05) is 11.5 Å². The summed E-state index contributed by atoms with van der Waals surface area (Å²) in [6.07, 6.45) is 2.12. The van der Waals surface area contributed by atoms with Crippen LogP contribution in [0.5, 0.6) is 0 Å². The number of β-lactam (4-membered cyclic amide) rings is 1. The first kappa shape index (κ1) is 23.7. The van der Waals surface area contributed by atoms with Crippen molar-refractivity contribution in [2.24, 2.45) is 5.92 Å². The van der Waals surface area contributed by atoms with E-state index in [2.05, 4.69) is 0 Å². The van der Waals surface area contributed by atoms with E-state index in [0.717, 1.165) is 19.3 Å². The lowest BCUT2D eigenvalue weighted by atomic mass is 9.92. The summed E-state index contributed by atoms with van der Waals surface area (Å²) in [7, 11) is -0.872. The molecule has 2 saturated heterocycles. The Morgan fingerprint density at radius 1 is 1.38 bits per heavy atom. The zero-order valence-corrected chi connectivity index (χ0v) is 20.2. The number of rotatable bonds is 9. The zero-order chi connectivity index (χ0) is 23.0. The molecule has 176 valence electrons. The van der Waals surface area contributed by atoms with E-state index in [1.165, 1.54) is 28.4 Å². The maximum absolute atomic E-state index is 13.0. The predicted octanol–water partition coefficient (Wildman–Crippen LogP) is 1.95. The van der Waals surface area contributed by atoms with Crippen LogP contribution < -0.4 is 5.82 Å². The number of aryl methyl sites for hydroxylation is 1. The lowest BCUT2D eigenvalue weighted by Gasteiger charge is -2.43. The Morgan fingerprint density at radius 2 is 2.12 bits per heavy atom. The van der Waals surface area contributed by atoms with Gasteiger partial charge in [-0.15, -0.1) is 11.8 Å². The van der Waals surface area contributed by atoms with Crippen molar-refractivity contribution >= 4 is 46.2 Å². The summed E-state index contributed by atoms with van der Waals surface area (Å²) in [5.41, 5.74) is 0.144. The number of esters is 1. The van der Waals surface area contributed by atoms with Crippen molar-refractivity contribution in [3.63, 3.8) is 0 Å². The van der Waals surface area contributed by atoms with E-state index in [9.17, 15) is 23.7 Å². The lowest BCUT2D eigenvalue weighted by Crippen LogP contribution is -2.60. The van der Waals surface area contributed by atoms with E-state index in [0.29, 0.717) is 27.9 Å². The van der Waals surface area contributed by atoms with Crippen LogP contribution in [0.25, 0.3) is 0 Å². The summed E-state index contributed by atoms with van der Waals surface area (Å²) in [5, 5.41) is 9.70. The second-order valence-corrected chi connectivity index (χ2v) is 12.3. The minimum Gasteiger partial charge on any atom is -0.453 e. The Balaban J connectivity index is 1.52. The van der Waals surface area contributed by atoms with Crippen LogP contribution in [0.2, 0.25) is 0 Å². The fourth-order valence-corrected chi connectivity index (χ4v) is 9.13. The van der Waals surface area contributed by atoms with Crippen molar-refractivity contribution in [3.8, 4) is 0 Å². The van der Waals surface area contributed by atoms with Gasteiger partial charge in [0.25, 0.3) is 0 Å². The van der Waals surface area contributed by atoms with E-state index in [1.54, 1.807) is 6.92 Å². The van der Waals surface area contributed by atoms with Gasteiger partial charge in [0.15, 0.2) is 23.8 Å². The Bertz CT molecular complexity index is 1010. The van der Waals surface area contributed by atoms with E-state index in [-0.39, 0.29) is 34.6 Å². The molecule has 32 heavy (non-hydrogen) atoms. The number of aliphatic hydroxyl groups excluding tert-OH is 1. The third kappa shape index (κ3) is 4.59. The molecule has 0 spiro atoms. The van der Waals surface area contributed by atoms with Crippen LogP contribution in [-0.4, -0.2) is 54.3 Å². The smallest absolute Gasteiger partial charge is 0.453 e. The molecule has 4 heterocycles. The number of carbonyl (C=O) groups is 2. The second-order valence-electron chi connectivity index (χ2n) is 7.94. The summed E-state index contributed by atoms with van der Waals surface area (Å²) < 4.78 is 27.9. The third-order valence-corrected chi connectivity index (χ3v) is 10.1. The summed E-state index contributed by atoms with van der Waals surface area (Å²) in [6.45, 7) is 3.28. The molecule has 0 saturated carbocycles. The molecule has 0 aromatic carbocycles. The molecular formula is C20H25NO8S3. The van der Waals surface area contributed by atoms with Crippen LogP contribution in [0, 0.1) is 5.92 Å². The van der Waals surface area contributed by atoms with Gasteiger partial charge in [-0.2, -0.15) is 0 Å². The predicted molar refractivity (Wildman–Crippen MR) is 120 cm³/mol. The number of fused-ring (bicyclic) bond motifs is 1. The minimum atomic E-state index is -0.872. The van der Waals surface area contributed by atoms with Gasteiger partial charge in [0, 0.05) is 34.0 Å². The zero-order valence-electron chi connectivity index (χ0n) is 17.7. The van der Waals surface area contributed by atoms with Crippen molar-refractivity contribution in [1.29, 1.82) is 0 Å². The van der Waals surface area contributed by atoms with Crippen molar-refractivity contribution in [3.05, 3.63) is 32.1 Å². The Kier molecular flexibility index (Phi) is 7.23. The standard InChI is InChI=1S/C20H25NO8S3/c1-3-4-5-12-13(29-20(25)28-12)8-27-18(24)15-19(30-11-6-7-32(26)9-11)31-17-14(10(2)22)16(23)21(15)17/h10-11,14,17,22H,3-9H2,1-2H3/t10-,11+,14+,17-,32-/m1/s1. The minimum absolute atomic E-state index is 0.0903. The molecule has 9 nitrogen and oxygen atoms in total. The summed E-state index contributed by atoms with van der Waals surface area (Å²) >= 11 is 2.80. The van der Waals surface area contributed by atoms with Crippen molar-refractivity contribution in [2.45, 2.75) is 62.9 Å². The summed E-state index contributed by atoms with van der Waals surface area (Å²) in [5.74, 6) is -0.787. The molecule has 1 amide bonds. The summed E-state index contributed by atoms with van der Waals surface area (Å²) in [4.78, 5) is 38.6. The fourth-order valence-electron chi connectivity index (χ4n) is 3.88. The van der Waals surface area contributed by atoms with Gasteiger partial charge in [0.2, 0.25) is 5.91 Å². The maximum atomic E-state index is 13.0. The highest BCUT2D eigenvalue weighted by Crippen LogP contribution is 2.55. The Morgan fingerprint density at radius 3 is 2.78 bits per heavy atom. The molecule has 2 fully saturated rings. The number of hydrogen-bond donors (Lipinski definition) is 1. The van der Waals surface area contributed by atoms with E-state index < -0.39 is 34.6 Å². The average molecular weight is 504 g/mol. The SMILES string of the molecule is CCCCc1oc(=O)oc1COC(=O)C1=C(S[C@H]2CC[S@@](=O)C2)S[C@@H]2[C@@H]([C@@H](C)O)C(=O)N12. The van der Waals surface area contributed by atoms with Gasteiger partial charge >= 0.3 is 11.8 Å². The van der Waals surface area contributed by atoms with Gasteiger partial charge in [-0.05, 0) is 19.8 Å². The highest BCUT2D eigenvalue weighted by molar-refractivity contribution is 8.23. The molecular weight excluding hydrogens is 478 g/mol. The van der Waals surface area contributed by atoms with Gasteiger partial charge in [-0.25, -0.2) is 9.59 Å². The Hall–Kier alpha value is -1.50. The first-order valence-electron chi connectivity index (χ1n) is 10.5. The lowest BCUT2D eigenvalue weighted by molar-refractivity contribution is -0.158. The number of amides is 1. The molecule has 3 aliphatic rings. The van der Waals surface area contributed by atoms with Crippen LogP contribution in [-0.2, 0) is 38.2 Å². The number of carbonyl (C=O) groups excluding carboxylic acids is 2. The van der Waals surface area contributed by atoms with Gasteiger partial charge in [0.1, 0.15) is 5.37 Å². The molecule has 0 unspecified atom stereocenters. The molecule has 5 atom stereocenters. The maximum Gasteiger partial charge on any atom is 0.519 e. The van der Waals surface area contributed by atoms with Gasteiger partial charge in [-0.3, -0.25) is 13.9 Å². The first-order valence-corrected chi connectivity index (χ1v) is 13.8. The molecule has 0 aliphatic carbocycles. The number of thioether (sulfide) groups is 2. The van der Waals surface area contributed by atoms with Gasteiger partial charge in [-0.1, -0.05) is 25.1 Å². The second kappa shape index (κ2) is 9.78. The van der Waals surface area contributed by atoms with Crippen molar-refractivity contribution in [1.82, 2.24) is 4.90 Å². The number of aliphatic hydroxyl groups is 1. The largest absolute Gasteiger partial charge is 0.519 e. The molecule has 3 aliphatic heterocycles. The molecule has 12 heteroatoms. The van der Waals surface area contributed by atoms with Crippen LogP contribution in [0.4, 0.5) is 0 Å². The Labute approximate surface area is 195 Å². The third-order valence-electron chi connectivity index (χ3n) is 5.59. The van der Waals surface area contributed by atoms with Crippen LogP contribution >= 0.6 is 23.5 Å². The summed E-state index contributed by atoms with van der Waals surface area (Å²) in [6, 6.07) is 0. The molecule has 4 rings (SSSR count). The van der Waals surface area contributed by atoms with E-state index in [1.807, 2.05) is 6.92 Å². The fraction of sp³-hybridized carbons (Fsp3) is 0.650. The highest BCUT2D eigenvalue weighted by atomic mass is 32.2. The first-order chi connectivity index (χ1) is 15.3. The monoisotopic (exact) mass is 503 g/mol. The normalized spacial score (nSPS) is 28.1.